The van der Waals surface area contributed by atoms with Gasteiger partial charge in [0.25, 0.3) is 0 Å². The van der Waals surface area contributed by atoms with Crippen molar-refractivity contribution in [1.82, 2.24) is 24.9 Å². The number of amides is 1. The number of carbonyl (C=O) groups excluding carboxylic acids is 1. The molecule has 0 bridgehead atoms. The fraction of sp³-hybridized carbons (Fsp3) is 0.625. The van der Waals surface area contributed by atoms with Gasteiger partial charge >= 0.3 is 12.1 Å². The molecule has 10 heteroatoms. The largest absolute Gasteiger partial charge is 0.488 e. The number of hydrogen-bond donors (Lipinski definition) is 1. The average molecular weight is 470 g/mol. The van der Waals surface area contributed by atoms with Gasteiger partial charge in [-0.3, -0.25) is 4.79 Å². The molecule has 0 aliphatic heterocycles. The first-order valence-corrected chi connectivity index (χ1v) is 12.0. The molecule has 3 aliphatic carbocycles. The molecule has 182 valence electrons. The van der Waals surface area contributed by atoms with Crippen LogP contribution in [0.25, 0.3) is 11.4 Å². The summed E-state index contributed by atoms with van der Waals surface area (Å²) in [6.45, 7) is 1.91. The predicted octanol–water partition coefficient (Wildman–Crippen LogP) is 3.18. The van der Waals surface area contributed by atoms with Gasteiger partial charge in [-0.25, -0.2) is 14.5 Å². The van der Waals surface area contributed by atoms with Crippen LogP contribution < -0.4 is 4.74 Å². The molecule has 2 heterocycles. The van der Waals surface area contributed by atoms with Crippen LogP contribution in [0.3, 0.4) is 0 Å². The van der Waals surface area contributed by atoms with Gasteiger partial charge < -0.3 is 19.5 Å². The fourth-order valence-electron chi connectivity index (χ4n) is 5.69. The molecule has 3 aliphatic rings. The molecule has 0 aromatic carbocycles. The number of nitrogens with zero attached hydrogens (tertiary/aromatic N) is 5. The molecule has 3 fully saturated rings. The smallest absolute Gasteiger partial charge is 0.410 e. The van der Waals surface area contributed by atoms with E-state index >= 15 is 0 Å². The molecule has 1 unspecified atom stereocenters. The minimum atomic E-state index is -0.723. The lowest BCUT2D eigenvalue weighted by molar-refractivity contribution is -0.139. The highest BCUT2D eigenvalue weighted by Crippen LogP contribution is 2.58. The zero-order valence-electron chi connectivity index (χ0n) is 19.8. The number of aryl methyl sites for hydroxylation is 2. The molecule has 0 spiro atoms. The van der Waals surface area contributed by atoms with Crippen molar-refractivity contribution in [3.05, 3.63) is 23.5 Å². The summed E-state index contributed by atoms with van der Waals surface area (Å²) in [6, 6.07) is 3.91. The van der Waals surface area contributed by atoms with E-state index in [9.17, 15) is 14.7 Å². The topological polar surface area (TPSA) is 120 Å². The number of aromatic nitrogens is 4. The summed E-state index contributed by atoms with van der Waals surface area (Å²) in [4.78, 5) is 30.2. The first-order chi connectivity index (χ1) is 16.3. The molecule has 10 nitrogen and oxygen atoms in total. The molecule has 2 aromatic rings. The Morgan fingerprint density at radius 2 is 1.97 bits per heavy atom. The van der Waals surface area contributed by atoms with Gasteiger partial charge in [-0.05, 0) is 50.7 Å². The molecule has 1 amide bonds. The van der Waals surface area contributed by atoms with E-state index in [1.807, 2.05) is 19.1 Å². The Balaban J connectivity index is 1.26. The summed E-state index contributed by atoms with van der Waals surface area (Å²) in [6.07, 6.45) is 5.66. The number of ether oxygens (including phenoxy) is 2. The predicted molar refractivity (Wildman–Crippen MR) is 121 cm³/mol. The lowest BCUT2D eigenvalue weighted by atomic mass is 10.1. The summed E-state index contributed by atoms with van der Waals surface area (Å²) < 4.78 is 13.4. The molecule has 5 rings (SSSR count). The van der Waals surface area contributed by atoms with Gasteiger partial charge in [0.15, 0.2) is 0 Å². The van der Waals surface area contributed by atoms with E-state index in [4.69, 9.17) is 9.47 Å². The lowest BCUT2D eigenvalue weighted by Crippen LogP contribution is -2.35. The fourth-order valence-corrected chi connectivity index (χ4v) is 5.69. The standard InChI is InChI=1S/C24H31N5O5/c1-13-18(34-19-10-8-15-20(19)21(15)23(30)31)11-9-16(25-13)22-17(29(3)27-26-22)12-33-24(32)28(2)14-6-4-5-7-14/h9,11,14-15,19-21H,4-8,10,12H2,1-3H3,(H,30,31)/t15-,19-,20-,21?/m1/s1. The summed E-state index contributed by atoms with van der Waals surface area (Å²) in [7, 11) is 3.55. The Bertz CT molecular complexity index is 1100. The minimum absolute atomic E-state index is 0.0510. The van der Waals surface area contributed by atoms with Crippen LogP contribution in [0.4, 0.5) is 4.79 Å². The van der Waals surface area contributed by atoms with Gasteiger partial charge in [0.1, 0.15) is 29.8 Å². The molecular formula is C24H31N5O5. The molecule has 4 atom stereocenters. The monoisotopic (exact) mass is 469 g/mol. The molecule has 1 N–H and O–H groups in total. The second kappa shape index (κ2) is 8.88. The SMILES string of the molecule is Cc1nc(-c2nnn(C)c2COC(=O)N(C)C2CCCC2)ccc1O[C@@H]1CC[C@H]2C(C(=O)O)[C@@H]12. The van der Waals surface area contributed by atoms with Crippen molar-refractivity contribution in [2.24, 2.45) is 24.8 Å². The van der Waals surface area contributed by atoms with Crippen LogP contribution in [0, 0.1) is 24.7 Å². The Morgan fingerprint density at radius 3 is 2.65 bits per heavy atom. The van der Waals surface area contributed by atoms with Crippen molar-refractivity contribution in [3.8, 4) is 17.1 Å². The molecule has 34 heavy (non-hydrogen) atoms. The second-order valence-electron chi connectivity index (χ2n) is 9.73. The number of carboxylic acid groups (broad SMARTS) is 1. The Labute approximate surface area is 198 Å². The van der Waals surface area contributed by atoms with E-state index in [-0.39, 0.29) is 42.6 Å². The number of aliphatic carboxylic acids is 1. The van der Waals surface area contributed by atoms with E-state index in [1.165, 1.54) is 0 Å². The van der Waals surface area contributed by atoms with E-state index in [0.717, 1.165) is 38.5 Å². The van der Waals surface area contributed by atoms with Gasteiger partial charge in [-0.15, -0.1) is 5.10 Å². The lowest BCUT2D eigenvalue weighted by Gasteiger charge is -2.23. The van der Waals surface area contributed by atoms with Crippen LogP contribution in [0.15, 0.2) is 12.1 Å². The van der Waals surface area contributed by atoms with Crippen molar-refractivity contribution in [2.45, 2.75) is 64.2 Å². The second-order valence-corrected chi connectivity index (χ2v) is 9.73. The molecule has 3 saturated carbocycles. The van der Waals surface area contributed by atoms with Crippen LogP contribution in [0.1, 0.15) is 49.9 Å². The highest BCUT2D eigenvalue weighted by molar-refractivity contribution is 5.75. The third kappa shape index (κ3) is 4.10. The maximum absolute atomic E-state index is 12.5. The summed E-state index contributed by atoms with van der Waals surface area (Å²) in [5.74, 6) is -0.00370. The zero-order valence-corrected chi connectivity index (χ0v) is 19.8. The maximum atomic E-state index is 12.5. The Hall–Kier alpha value is -3.17. The van der Waals surface area contributed by atoms with E-state index in [0.29, 0.717) is 28.5 Å². The van der Waals surface area contributed by atoms with Gasteiger partial charge in [0.2, 0.25) is 0 Å². The van der Waals surface area contributed by atoms with Crippen molar-refractivity contribution >= 4 is 12.1 Å². The van der Waals surface area contributed by atoms with Crippen LogP contribution in [0.5, 0.6) is 5.75 Å². The van der Waals surface area contributed by atoms with E-state index in [2.05, 4.69) is 15.3 Å². The average Bonchev–Trinajstić information content (AvgIpc) is 3.18. The molecule has 2 aromatic heterocycles. The van der Waals surface area contributed by atoms with E-state index < -0.39 is 5.97 Å². The van der Waals surface area contributed by atoms with Crippen molar-refractivity contribution in [3.63, 3.8) is 0 Å². The maximum Gasteiger partial charge on any atom is 0.410 e. The minimum Gasteiger partial charge on any atom is -0.488 e. The van der Waals surface area contributed by atoms with Crippen LogP contribution in [0.2, 0.25) is 0 Å². The first-order valence-electron chi connectivity index (χ1n) is 12.0. The summed E-state index contributed by atoms with van der Waals surface area (Å²) in [5, 5.41) is 17.7. The first kappa shape index (κ1) is 22.6. The third-order valence-electron chi connectivity index (χ3n) is 7.72. The van der Waals surface area contributed by atoms with Crippen LogP contribution in [-0.4, -0.2) is 61.2 Å². The zero-order chi connectivity index (χ0) is 24.0. The van der Waals surface area contributed by atoms with E-state index in [1.54, 1.807) is 23.7 Å². The third-order valence-corrected chi connectivity index (χ3v) is 7.72. The molecule has 0 saturated heterocycles. The normalized spacial score (nSPS) is 25.7. The van der Waals surface area contributed by atoms with Crippen LogP contribution >= 0.6 is 0 Å². The van der Waals surface area contributed by atoms with Crippen molar-refractivity contribution in [2.75, 3.05) is 7.05 Å². The van der Waals surface area contributed by atoms with Crippen molar-refractivity contribution in [1.29, 1.82) is 0 Å². The summed E-state index contributed by atoms with van der Waals surface area (Å²) in [5.41, 5.74) is 2.53. The number of carboxylic acids is 1. The number of hydrogen-bond acceptors (Lipinski definition) is 7. The summed E-state index contributed by atoms with van der Waals surface area (Å²) >= 11 is 0. The quantitative estimate of drug-likeness (QED) is 0.657. The number of pyridine rings is 1. The number of rotatable bonds is 7. The van der Waals surface area contributed by atoms with Gasteiger partial charge in [-0.2, -0.15) is 0 Å². The van der Waals surface area contributed by atoms with Gasteiger partial charge in [0.05, 0.1) is 17.3 Å². The molecule has 0 radical (unpaired) electrons. The number of carbonyl (C=O) groups is 2. The Morgan fingerprint density at radius 1 is 1.21 bits per heavy atom. The van der Waals surface area contributed by atoms with Gasteiger partial charge in [0, 0.05) is 26.1 Å². The Kier molecular flexibility index (Phi) is 5.91. The highest BCUT2D eigenvalue weighted by atomic mass is 16.6. The van der Waals surface area contributed by atoms with Crippen molar-refractivity contribution < 1.29 is 24.2 Å². The highest BCUT2D eigenvalue weighted by Gasteiger charge is 2.63. The van der Waals surface area contributed by atoms with Crippen LogP contribution in [-0.2, 0) is 23.2 Å². The molecular weight excluding hydrogens is 438 g/mol. The number of fused-ring (bicyclic) bond motifs is 1. The van der Waals surface area contributed by atoms with Gasteiger partial charge in [-0.1, -0.05) is 18.1 Å².